The molecule has 5 rings (SSSR count). The van der Waals surface area contributed by atoms with Gasteiger partial charge in [0.2, 0.25) is 0 Å². The summed E-state index contributed by atoms with van der Waals surface area (Å²) in [5.41, 5.74) is 0.164. The Labute approximate surface area is 211 Å². The molecule has 10 heteroatoms. The zero-order valence-corrected chi connectivity index (χ0v) is 20.9. The third kappa shape index (κ3) is 3.73. The second-order valence-electron chi connectivity index (χ2n) is 10.3. The van der Waals surface area contributed by atoms with Gasteiger partial charge in [-0.3, -0.25) is 5.10 Å². The molecule has 2 aromatic heterocycles. The number of halogens is 2. The number of aromatic amines is 1. The van der Waals surface area contributed by atoms with Crippen molar-refractivity contribution in [3.63, 3.8) is 0 Å². The Morgan fingerprint density at radius 3 is 2.81 bits per heavy atom. The van der Waals surface area contributed by atoms with Crippen molar-refractivity contribution in [2.45, 2.75) is 50.5 Å². The highest BCUT2D eigenvalue weighted by molar-refractivity contribution is 6.00. The number of nitriles is 1. The number of nitrogens with zero attached hydrogens (tertiary/aromatic N) is 3. The maximum absolute atomic E-state index is 16.3. The van der Waals surface area contributed by atoms with Crippen LogP contribution in [0, 0.1) is 23.0 Å². The minimum atomic E-state index is -1.44. The number of H-pyrrole nitrogens is 1. The number of hydrogen-bond acceptors (Lipinski definition) is 5. The number of benzene rings is 2. The van der Waals surface area contributed by atoms with E-state index in [1.165, 1.54) is 32.4 Å². The van der Waals surface area contributed by atoms with E-state index in [0.717, 1.165) is 0 Å². The Balaban J connectivity index is 1.94. The van der Waals surface area contributed by atoms with Gasteiger partial charge in [-0.1, -0.05) is 13.8 Å². The van der Waals surface area contributed by atoms with Crippen molar-refractivity contribution < 1.29 is 28.2 Å². The Bertz CT molecular complexity index is 1600. The molecule has 37 heavy (non-hydrogen) atoms. The maximum atomic E-state index is 16.3. The number of rotatable bonds is 6. The summed E-state index contributed by atoms with van der Waals surface area (Å²) in [7, 11) is 1.36. The molecule has 8 nitrogen and oxygen atoms in total. The number of carboxylic acids is 1. The quantitative estimate of drug-likeness (QED) is 0.364. The minimum absolute atomic E-state index is 0.0115. The molecule has 0 radical (unpaired) electrons. The molecule has 4 aromatic rings. The van der Waals surface area contributed by atoms with Crippen LogP contribution in [0.25, 0.3) is 27.5 Å². The molecule has 0 saturated carbocycles. The fourth-order valence-electron chi connectivity index (χ4n) is 5.44. The summed E-state index contributed by atoms with van der Waals surface area (Å²) in [5.74, 6) is -2.65. The molecule has 2 atom stereocenters. The molecule has 1 fully saturated rings. The summed E-state index contributed by atoms with van der Waals surface area (Å²) in [4.78, 5) is 12.0. The van der Waals surface area contributed by atoms with E-state index in [-0.39, 0.29) is 36.1 Å². The van der Waals surface area contributed by atoms with Gasteiger partial charge in [-0.05, 0) is 37.1 Å². The van der Waals surface area contributed by atoms with E-state index in [1.807, 2.05) is 18.4 Å². The standard InChI is InChI=1S/C27H26F2N4O4/c1-26(2,7-8-30)24-20(15-11-27(3,25(34)35)37-13-15)21-18(9-14-12-31-32-23(14)22(21)29)33(24)16-5-6-17(28)19(10-16)36-4/h5-6,9-10,12,15H,7,11,13H2,1-4H3,(H,31,32)(H,34,35)/t15-,27+/m1/s1. The first kappa shape index (κ1) is 24.7. The molecule has 0 bridgehead atoms. The van der Waals surface area contributed by atoms with Crippen molar-refractivity contribution in [3.8, 4) is 17.5 Å². The lowest BCUT2D eigenvalue weighted by Gasteiger charge is -2.28. The fourth-order valence-corrected chi connectivity index (χ4v) is 5.44. The third-order valence-electron chi connectivity index (χ3n) is 7.30. The van der Waals surface area contributed by atoms with Gasteiger partial charge in [-0.25, -0.2) is 13.6 Å². The zero-order valence-electron chi connectivity index (χ0n) is 20.9. The van der Waals surface area contributed by atoms with Crippen LogP contribution in [0.1, 0.15) is 50.8 Å². The number of methoxy groups -OCH3 is 1. The first-order chi connectivity index (χ1) is 17.5. The summed E-state index contributed by atoms with van der Waals surface area (Å²) in [6, 6.07) is 8.37. The molecule has 3 heterocycles. The highest BCUT2D eigenvalue weighted by atomic mass is 19.1. The highest BCUT2D eigenvalue weighted by Gasteiger charge is 2.46. The fraction of sp³-hybridized carbons (Fsp3) is 0.370. The normalized spacial score (nSPS) is 20.0. The lowest BCUT2D eigenvalue weighted by Crippen LogP contribution is -2.34. The molecule has 2 N–H and O–H groups in total. The summed E-state index contributed by atoms with van der Waals surface area (Å²) in [5, 5.41) is 27.0. The summed E-state index contributed by atoms with van der Waals surface area (Å²) in [6.45, 7) is 5.32. The molecule has 1 aliphatic heterocycles. The van der Waals surface area contributed by atoms with Crippen LogP contribution < -0.4 is 4.74 Å². The maximum Gasteiger partial charge on any atom is 0.335 e. The number of fused-ring (bicyclic) bond motifs is 2. The van der Waals surface area contributed by atoms with Crippen LogP contribution in [0.5, 0.6) is 5.75 Å². The Morgan fingerprint density at radius 2 is 2.16 bits per heavy atom. The lowest BCUT2D eigenvalue weighted by atomic mass is 9.79. The molecular weight excluding hydrogens is 482 g/mol. The highest BCUT2D eigenvalue weighted by Crippen LogP contribution is 2.48. The van der Waals surface area contributed by atoms with E-state index in [1.54, 1.807) is 12.1 Å². The van der Waals surface area contributed by atoms with Crippen LogP contribution in [0.15, 0.2) is 30.5 Å². The minimum Gasteiger partial charge on any atom is -0.494 e. The zero-order chi connectivity index (χ0) is 26.7. The lowest BCUT2D eigenvalue weighted by molar-refractivity contribution is -0.157. The number of aliphatic carboxylic acids is 1. The van der Waals surface area contributed by atoms with Gasteiger partial charge in [0, 0.05) is 46.0 Å². The second-order valence-corrected chi connectivity index (χ2v) is 10.3. The van der Waals surface area contributed by atoms with Crippen LogP contribution in [0.2, 0.25) is 0 Å². The monoisotopic (exact) mass is 508 g/mol. The molecule has 1 saturated heterocycles. The average Bonchev–Trinajstić information content (AvgIpc) is 3.56. The number of ether oxygens (including phenoxy) is 2. The molecule has 0 unspecified atom stereocenters. The number of nitrogens with one attached hydrogen (secondary N) is 1. The molecular formula is C27H26F2N4O4. The van der Waals surface area contributed by atoms with Crippen molar-refractivity contribution in [2.24, 2.45) is 0 Å². The van der Waals surface area contributed by atoms with E-state index in [4.69, 9.17) is 9.47 Å². The van der Waals surface area contributed by atoms with Gasteiger partial charge in [0.05, 0.1) is 31.5 Å². The van der Waals surface area contributed by atoms with Gasteiger partial charge in [0.15, 0.2) is 23.0 Å². The van der Waals surface area contributed by atoms with E-state index in [2.05, 4.69) is 16.3 Å². The third-order valence-corrected chi connectivity index (χ3v) is 7.30. The van der Waals surface area contributed by atoms with Crippen molar-refractivity contribution >= 4 is 27.8 Å². The van der Waals surface area contributed by atoms with E-state index < -0.39 is 34.5 Å². The van der Waals surface area contributed by atoms with E-state index >= 15 is 4.39 Å². The average molecular weight is 509 g/mol. The largest absolute Gasteiger partial charge is 0.494 e. The first-order valence-corrected chi connectivity index (χ1v) is 11.8. The first-order valence-electron chi connectivity index (χ1n) is 11.8. The summed E-state index contributed by atoms with van der Waals surface area (Å²) < 4.78 is 43.4. The molecule has 1 aliphatic rings. The number of hydrogen-bond donors (Lipinski definition) is 2. The molecule has 192 valence electrons. The van der Waals surface area contributed by atoms with Crippen molar-refractivity contribution in [3.05, 3.63) is 53.4 Å². The van der Waals surface area contributed by atoms with E-state index in [0.29, 0.717) is 27.8 Å². The predicted molar refractivity (Wildman–Crippen MR) is 132 cm³/mol. The molecule has 0 spiro atoms. The summed E-state index contributed by atoms with van der Waals surface area (Å²) >= 11 is 0. The second kappa shape index (κ2) is 8.56. The van der Waals surface area contributed by atoms with Crippen LogP contribution in [0.4, 0.5) is 8.78 Å². The predicted octanol–water partition coefficient (Wildman–Crippen LogP) is 5.33. The molecule has 0 aliphatic carbocycles. The Hall–Kier alpha value is -3.97. The van der Waals surface area contributed by atoms with Gasteiger partial charge in [-0.2, -0.15) is 10.4 Å². The van der Waals surface area contributed by atoms with Crippen molar-refractivity contribution in [2.75, 3.05) is 13.7 Å². The molecule has 2 aromatic carbocycles. The SMILES string of the molecule is COc1cc(-n2c(C(C)(C)CC#N)c([C@H]3CO[C@](C)(C(=O)O)C3)c3c(F)c4[nH]ncc4cc32)ccc1F. The molecule has 0 amide bonds. The van der Waals surface area contributed by atoms with Crippen LogP contribution >= 0.6 is 0 Å². The van der Waals surface area contributed by atoms with Crippen molar-refractivity contribution in [1.82, 2.24) is 14.8 Å². The number of carbonyl (C=O) groups is 1. The summed E-state index contributed by atoms with van der Waals surface area (Å²) in [6.07, 6.45) is 1.73. The van der Waals surface area contributed by atoms with Gasteiger partial charge in [0.1, 0.15) is 5.52 Å². The van der Waals surface area contributed by atoms with E-state index in [9.17, 15) is 19.6 Å². The topological polar surface area (TPSA) is 113 Å². The Morgan fingerprint density at radius 1 is 1.41 bits per heavy atom. The number of carboxylic acid groups (broad SMARTS) is 1. The van der Waals surface area contributed by atoms with Crippen LogP contribution in [0.3, 0.4) is 0 Å². The van der Waals surface area contributed by atoms with Gasteiger partial charge >= 0.3 is 5.97 Å². The van der Waals surface area contributed by atoms with Crippen LogP contribution in [-0.2, 0) is 14.9 Å². The van der Waals surface area contributed by atoms with Gasteiger partial charge in [0.25, 0.3) is 0 Å². The van der Waals surface area contributed by atoms with Gasteiger partial charge < -0.3 is 19.1 Å². The Kier molecular flexibility index (Phi) is 5.72. The van der Waals surface area contributed by atoms with Crippen molar-refractivity contribution in [1.29, 1.82) is 5.26 Å². The smallest absolute Gasteiger partial charge is 0.335 e. The van der Waals surface area contributed by atoms with Gasteiger partial charge in [-0.15, -0.1) is 0 Å². The number of aromatic nitrogens is 3. The van der Waals surface area contributed by atoms with Crippen LogP contribution in [-0.4, -0.2) is 45.2 Å².